The maximum atomic E-state index is 5.74. The highest BCUT2D eigenvalue weighted by Crippen LogP contribution is 2.16. The van der Waals surface area contributed by atoms with Crippen molar-refractivity contribution >= 4 is 0 Å². The van der Waals surface area contributed by atoms with Gasteiger partial charge in [-0.05, 0) is 49.7 Å². The lowest BCUT2D eigenvalue weighted by molar-refractivity contribution is 0.462. The summed E-state index contributed by atoms with van der Waals surface area (Å²) in [7, 11) is 1.92. The molecule has 0 spiro atoms. The van der Waals surface area contributed by atoms with Crippen molar-refractivity contribution in [3.8, 4) is 0 Å². The zero-order chi connectivity index (χ0) is 12.3. The average molecular weight is 229 g/mol. The molecule has 2 rings (SSSR count). The van der Waals surface area contributed by atoms with Crippen LogP contribution in [0.4, 0.5) is 0 Å². The van der Waals surface area contributed by atoms with Gasteiger partial charge in [0.05, 0.1) is 6.54 Å². The number of nitrogens with one attached hydrogen (secondary N) is 1. The summed E-state index contributed by atoms with van der Waals surface area (Å²) in [6.45, 7) is 5.07. The second kappa shape index (κ2) is 5.19. The minimum Gasteiger partial charge on any atom is -0.464 e. The fraction of sp³-hybridized carbons (Fsp3) is 0.333. The predicted molar refractivity (Wildman–Crippen MR) is 70.2 cm³/mol. The van der Waals surface area contributed by atoms with Gasteiger partial charge in [-0.3, -0.25) is 0 Å². The summed E-state index contributed by atoms with van der Waals surface area (Å²) < 4.78 is 5.74. The average Bonchev–Trinajstić information content (AvgIpc) is 2.72. The second-order valence-corrected chi connectivity index (χ2v) is 4.49. The second-order valence-electron chi connectivity index (χ2n) is 4.49. The number of hydrogen-bond acceptors (Lipinski definition) is 2. The molecular formula is C15H19NO. The summed E-state index contributed by atoms with van der Waals surface area (Å²) in [5, 5.41) is 3.08. The Kier molecular flexibility index (Phi) is 3.64. The van der Waals surface area contributed by atoms with Crippen LogP contribution in [0.25, 0.3) is 0 Å². The van der Waals surface area contributed by atoms with E-state index in [2.05, 4.69) is 43.4 Å². The normalized spacial score (nSPS) is 10.8. The molecule has 0 bridgehead atoms. The van der Waals surface area contributed by atoms with E-state index in [4.69, 9.17) is 4.42 Å². The van der Waals surface area contributed by atoms with Gasteiger partial charge in [0.25, 0.3) is 0 Å². The van der Waals surface area contributed by atoms with Gasteiger partial charge in [0.15, 0.2) is 0 Å². The van der Waals surface area contributed by atoms with Crippen LogP contribution in [0.3, 0.4) is 0 Å². The first-order chi connectivity index (χ1) is 8.19. The van der Waals surface area contributed by atoms with E-state index in [0.717, 1.165) is 24.5 Å². The third kappa shape index (κ3) is 2.98. The van der Waals surface area contributed by atoms with Gasteiger partial charge in [0.1, 0.15) is 11.5 Å². The molecule has 2 aromatic rings. The highest BCUT2D eigenvalue weighted by Gasteiger charge is 2.03. The van der Waals surface area contributed by atoms with Crippen molar-refractivity contribution in [2.75, 3.05) is 7.05 Å². The lowest BCUT2D eigenvalue weighted by Gasteiger charge is -2.03. The predicted octanol–water partition coefficient (Wildman–Crippen LogP) is 3.21. The first-order valence-electron chi connectivity index (χ1n) is 5.97. The summed E-state index contributed by atoms with van der Waals surface area (Å²) >= 11 is 0. The molecule has 1 N–H and O–H groups in total. The van der Waals surface area contributed by atoms with E-state index in [1.54, 1.807) is 0 Å². The van der Waals surface area contributed by atoms with Crippen LogP contribution in [0.15, 0.2) is 34.7 Å². The fourth-order valence-corrected chi connectivity index (χ4v) is 1.90. The first-order valence-corrected chi connectivity index (χ1v) is 5.97. The number of benzene rings is 1. The zero-order valence-corrected chi connectivity index (χ0v) is 10.7. The number of rotatable bonds is 4. The summed E-state index contributed by atoms with van der Waals surface area (Å²) in [5.41, 5.74) is 3.98. The lowest BCUT2D eigenvalue weighted by atomic mass is 10.0. The molecule has 90 valence electrons. The maximum absolute atomic E-state index is 5.74. The van der Waals surface area contributed by atoms with E-state index in [-0.39, 0.29) is 0 Å². The summed E-state index contributed by atoms with van der Waals surface area (Å²) in [6, 6.07) is 10.7. The van der Waals surface area contributed by atoms with E-state index >= 15 is 0 Å². The molecule has 0 aliphatic carbocycles. The number of furan rings is 1. The topological polar surface area (TPSA) is 25.2 Å². The molecular weight excluding hydrogens is 210 g/mol. The standard InChI is InChI=1S/C15H19NO/c1-11-4-5-13(8-12(11)2)9-14-6-7-15(17-14)10-16-3/h4-8,16H,9-10H2,1-3H3. The highest BCUT2D eigenvalue weighted by molar-refractivity contribution is 5.32. The molecule has 0 saturated heterocycles. The Morgan fingerprint density at radius 2 is 1.76 bits per heavy atom. The molecule has 1 aromatic heterocycles. The molecule has 0 aliphatic heterocycles. The third-order valence-corrected chi connectivity index (χ3v) is 3.02. The van der Waals surface area contributed by atoms with Crippen molar-refractivity contribution < 1.29 is 4.42 Å². The minimum absolute atomic E-state index is 0.785. The van der Waals surface area contributed by atoms with Crippen LogP contribution in [0.1, 0.15) is 28.2 Å². The smallest absolute Gasteiger partial charge is 0.117 e. The van der Waals surface area contributed by atoms with Crippen molar-refractivity contribution in [3.05, 3.63) is 58.5 Å². The summed E-state index contributed by atoms with van der Waals surface area (Å²) in [6.07, 6.45) is 0.866. The number of aryl methyl sites for hydroxylation is 2. The van der Waals surface area contributed by atoms with Crippen molar-refractivity contribution in [1.29, 1.82) is 0 Å². The van der Waals surface area contributed by atoms with Crippen LogP contribution in [0.2, 0.25) is 0 Å². The lowest BCUT2D eigenvalue weighted by Crippen LogP contribution is -2.03. The van der Waals surface area contributed by atoms with Crippen molar-refractivity contribution in [3.63, 3.8) is 0 Å². The Morgan fingerprint density at radius 1 is 1.00 bits per heavy atom. The van der Waals surface area contributed by atoms with Crippen LogP contribution in [0, 0.1) is 13.8 Å². The summed E-state index contributed by atoms with van der Waals surface area (Å²) in [5.74, 6) is 2.02. The largest absolute Gasteiger partial charge is 0.464 e. The van der Waals surface area contributed by atoms with Crippen LogP contribution in [0.5, 0.6) is 0 Å². The molecule has 0 amide bonds. The molecule has 1 aromatic carbocycles. The van der Waals surface area contributed by atoms with Gasteiger partial charge in [0.2, 0.25) is 0 Å². The van der Waals surface area contributed by atoms with E-state index < -0.39 is 0 Å². The SMILES string of the molecule is CNCc1ccc(Cc2ccc(C)c(C)c2)o1. The molecule has 0 radical (unpaired) electrons. The van der Waals surface area contributed by atoms with Gasteiger partial charge in [-0.25, -0.2) is 0 Å². The molecule has 0 unspecified atom stereocenters. The van der Waals surface area contributed by atoms with Gasteiger partial charge < -0.3 is 9.73 Å². The number of hydrogen-bond donors (Lipinski definition) is 1. The van der Waals surface area contributed by atoms with Gasteiger partial charge >= 0.3 is 0 Å². The quantitative estimate of drug-likeness (QED) is 0.871. The minimum atomic E-state index is 0.785. The van der Waals surface area contributed by atoms with Gasteiger partial charge in [-0.15, -0.1) is 0 Å². The molecule has 17 heavy (non-hydrogen) atoms. The van der Waals surface area contributed by atoms with Gasteiger partial charge in [0, 0.05) is 6.42 Å². The van der Waals surface area contributed by atoms with Crippen molar-refractivity contribution in [2.45, 2.75) is 26.8 Å². The van der Waals surface area contributed by atoms with E-state index in [0.29, 0.717) is 0 Å². The zero-order valence-electron chi connectivity index (χ0n) is 10.7. The Bertz CT molecular complexity index is 499. The van der Waals surface area contributed by atoms with Crippen molar-refractivity contribution in [2.24, 2.45) is 0 Å². The van der Waals surface area contributed by atoms with Gasteiger partial charge in [-0.2, -0.15) is 0 Å². The molecule has 1 heterocycles. The molecule has 2 heteroatoms. The van der Waals surface area contributed by atoms with Crippen LogP contribution >= 0.6 is 0 Å². The molecule has 2 nitrogen and oxygen atoms in total. The van der Waals surface area contributed by atoms with E-state index in [9.17, 15) is 0 Å². The van der Waals surface area contributed by atoms with E-state index in [1.807, 2.05) is 13.1 Å². The van der Waals surface area contributed by atoms with Crippen LogP contribution in [-0.4, -0.2) is 7.05 Å². The Balaban J connectivity index is 2.11. The maximum Gasteiger partial charge on any atom is 0.117 e. The molecule has 0 fully saturated rings. The highest BCUT2D eigenvalue weighted by atomic mass is 16.3. The van der Waals surface area contributed by atoms with Crippen LogP contribution < -0.4 is 5.32 Å². The Hall–Kier alpha value is -1.54. The Labute approximate surface area is 103 Å². The van der Waals surface area contributed by atoms with Crippen molar-refractivity contribution in [1.82, 2.24) is 5.32 Å². The fourth-order valence-electron chi connectivity index (χ4n) is 1.90. The van der Waals surface area contributed by atoms with Gasteiger partial charge in [-0.1, -0.05) is 18.2 Å². The molecule has 0 saturated carbocycles. The Morgan fingerprint density at radius 3 is 2.47 bits per heavy atom. The van der Waals surface area contributed by atoms with Crippen LogP contribution in [-0.2, 0) is 13.0 Å². The molecule has 0 atom stereocenters. The monoisotopic (exact) mass is 229 g/mol. The third-order valence-electron chi connectivity index (χ3n) is 3.02. The first kappa shape index (κ1) is 11.9. The van der Waals surface area contributed by atoms with E-state index in [1.165, 1.54) is 16.7 Å². The summed E-state index contributed by atoms with van der Waals surface area (Å²) in [4.78, 5) is 0. The molecule has 0 aliphatic rings.